The number of hydrogen-bond donors (Lipinski definition) is 2. The molecule has 0 unspecified atom stereocenters. The van der Waals surface area contributed by atoms with Gasteiger partial charge in [-0.25, -0.2) is 17.2 Å². The van der Waals surface area contributed by atoms with Gasteiger partial charge in [0.25, 0.3) is 0 Å². The van der Waals surface area contributed by atoms with Crippen LogP contribution in [0.5, 0.6) is 0 Å². The molecule has 0 aliphatic rings. The molecule has 9 heteroatoms. The topological polar surface area (TPSA) is 88.2 Å². The number of benzene rings is 1. The number of pyridine rings is 1. The lowest BCUT2D eigenvalue weighted by Crippen LogP contribution is -2.20. The van der Waals surface area contributed by atoms with Crippen LogP contribution in [0.4, 0.5) is 14.5 Å². The van der Waals surface area contributed by atoms with Gasteiger partial charge in [0, 0.05) is 18.8 Å². The fourth-order valence-corrected chi connectivity index (χ4v) is 2.55. The van der Waals surface area contributed by atoms with Gasteiger partial charge in [0.05, 0.1) is 17.6 Å². The number of aromatic nitrogens is 1. The number of nitrogens with one attached hydrogen (secondary N) is 2. The molecule has 1 aromatic heterocycles. The first-order valence-corrected chi connectivity index (χ1v) is 9.39. The van der Waals surface area contributed by atoms with E-state index in [1.54, 1.807) is 6.07 Å². The Hall–Kier alpha value is -2.81. The number of carbonyl (C=O) groups is 1. The Morgan fingerprint density at radius 1 is 1.27 bits per heavy atom. The van der Waals surface area contributed by atoms with E-state index in [0.717, 1.165) is 12.3 Å². The van der Waals surface area contributed by atoms with E-state index >= 15 is 0 Å². The number of carbonyl (C=O) groups excluding carboxylic acids is 1. The van der Waals surface area contributed by atoms with Crippen molar-refractivity contribution < 1.29 is 22.0 Å². The fraction of sp³-hybridized carbons (Fsp3) is 0.176. The maximum atomic E-state index is 13.8. The predicted molar refractivity (Wildman–Crippen MR) is 94.8 cm³/mol. The lowest BCUT2D eigenvalue weighted by Gasteiger charge is -2.08. The third-order valence-electron chi connectivity index (χ3n) is 3.21. The van der Waals surface area contributed by atoms with Crippen molar-refractivity contribution in [2.75, 3.05) is 11.0 Å². The van der Waals surface area contributed by atoms with Crippen LogP contribution in [0.15, 0.2) is 42.6 Å². The molecular weight excluding hydrogens is 364 g/mol. The second-order valence-corrected chi connectivity index (χ2v) is 7.20. The highest BCUT2D eigenvalue weighted by molar-refractivity contribution is 7.92. The van der Waals surface area contributed by atoms with E-state index in [-0.39, 0.29) is 12.2 Å². The van der Waals surface area contributed by atoms with Crippen molar-refractivity contribution in [2.45, 2.75) is 13.2 Å². The molecule has 2 rings (SSSR count). The Morgan fingerprint density at radius 2 is 2.04 bits per heavy atom. The number of alkyl halides is 1. The molecule has 0 radical (unpaired) electrons. The monoisotopic (exact) mass is 381 g/mol. The summed E-state index contributed by atoms with van der Waals surface area (Å²) in [6.45, 7) is -0.585. The highest BCUT2D eigenvalue weighted by Gasteiger charge is 2.08. The fourth-order valence-electron chi connectivity index (χ4n) is 1.98. The first-order valence-electron chi connectivity index (χ1n) is 7.50. The summed E-state index contributed by atoms with van der Waals surface area (Å²) >= 11 is 0. The quantitative estimate of drug-likeness (QED) is 0.721. The standard InChI is InChI=1S/C17H17F2N3O3S/c1-26(24,25)22-16-6-3-13(8-15(16)19)11-21-17(23)7-4-12-2-5-14(9-18)20-10-12/h2-8,10,22H,9,11H2,1H3,(H,21,23)/b7-4+. The van der Waals surface area contributed by atoms with Crippen LogP contribution < -0.4 is 10.0 Å². The van der Waals surface area contributed by atoms with Crippen molar-refractivity contribution in [3.8, 4) is 0 Å². The van der Waals surface area contributed by atoms with E-state index in [2.05, 4.69) is 15.0 Å². The first-order chi connectivity index (χ1) is 12.3. The van der Waals surface area contributed by atoms with Crippen LogP contribution in [0, 0.1) is 5.82 Å². The molecular formula is C17H17F2N3O3S. The van der Waals surface area contributed by atoms with Crippen molar-refractivity contribution >= 4 is 27.7 Å². The smallest absolute Gasteiger partial charge is 0.244 e. The maximum absolute atomic E-state index is 13.8. The highest BCUT2D eigenvalue weighted by Crippen LogP contribution is 2.16. The third-order valence-corrected chi connectivity index (χ3v) is 3.80. The molecule has 1 amide bonds. The molecule has 0 aliphatic heterocycles. The lowest BCUT2D eigenvalue weighted by molar-refractivity contribution is -0.116. The molecule has 0 fully saturated rings. The second kappa shape index (κ2) is 8.52. The number of hydrogen-bond acceptors (Lipinski definition) is 4. The van der Waals surface area contributed by atoms with E-state index in [9.17, 15) is 22.0 Å². The van der Waals surface area contributed by atoms with Crippen LogP contribution in [0.2, 0.25) is 0 Å². The van der Waals surface area contributed by atoms with Crippen LogP contribution in [0.25, 0.3) is 6.08 Å². The minimum absolute atomic E-state index is 0.0677. The molecule has 0 saturated carbocycles. The van der Waals surface area contributed by atoms with E-state index < -0.39 is 28.4 Å². The van der Waals surface area contributed by atoms with Gasteiger partial charge in [-0.05, 0) is 35.4 Å². The van der Waals surface area contributed by atoms with Crippen LogP contribution in [0.3, 0.4) is 0 Å². The van der Waals surface area contributed by atoms with Gasteiger partial charge >= 0.3 is 0 Å². The molecule has 2 aromatic rings. The Labute approximate surface area is 150 Å². The van der Waals surface area contributed by atoms with E-state index in [1.165, 1.54) is 36.5 Å². The first kappa shape index (κ1) is 19.5. The zero-order valence-corrected chi connectivity index (χ0v) is 14.7. The zero-order chi connectivity index (χ0) is 19.2. The van der Waals surface area contributed by atoms with Crippen molar-refractivity contribution in [1.29, 1.82) is 0 Å². The molecule has 1 aromatic carbocycles. The summed E-state index contributed by atoms with van der Waals surface area (Å²) in [4.78, 5) is 15.7. The van der Waals surface area contributed by atoms with Gasteiger partial charge in [-0.3, -0.25) is 14.5 Å². The SMILES string of the molecule is CS(=O)(=O)Nc1ccc(CNC(=O)/C=C/c2ccc(CF)nc2)cc1F. The van der Waals surface area contributed by atoms with E-state index in [4.69, 9.17) is 0 Å². The van der Waals surface area contributed by atoms with Gasteiger partial charge in [0.2, 0.25) is 15.9 Å². The van der Waals surface area contributed by atoms with Crippen LogP contribution in [-0.4, -0.2) is 25.6 Å². The summed E-state index contributed by atoms with van der Waals surface area (Å²) in [5, 5.41) is 2.58. The summed E-state index contributed by atoms with van der Waals surface area (Å²) < 4.78 is 50.5. The molecule has 2 N–H and O–H groups in total. The molecule has 138 valence electrons. The minimum atomic E-state index is -3.57. The van der Waals surface area contributed by atoms with Crippen molar-refractivity contribution in [3.05, 3.63) is 65.2 Å². The molecule has 1 heterocycles. The number of rotatable bonds is 7. The van der Waals surface area contributed by atoms with Crippen molar-refractivity contribution in [1.82, 2.24) is 10.3 Å². The second-order valence-electron chi connectivity index (χ2n) is 5.46. The number of amides is 1. The maximum Gasteiger partial charge on any atom is 0.244 e. The van der Waals surface area contributed by atoms with Crippen LogP contribution in [0.1, 0.15) is 16.8 Å². The lowest BCUT2D eigenvalue weighted by atomic mass is 10.2. The normalized spacial score (nSPS) is 11.5. The summed E-state index contributed by atoms with van der Waals surface area (Å²) in [6.07, 6.45) is 5.17. The molecule has 0 saturated heterocycles. The summed E-state index contributed by atoms with van der Waals surface area (Å²) in [7, 11) is -3.57. The summed E-state index contributed by atoms with van der Waals surface area (Å²) in [5.41, 5.74) is 1.26. The Kier molecular flexibility index (Phi) is 6.40. The molecule has 26 heavy (non-hydrogen) atoms. The van der Waals surface area contributed by atoms with E-state index in [0.29, 0.717) is 16.8 Å². The van der Waals surface area contributed by atoms with Gasteiger partial charge in [-0.1, -0.05) is 12.1 Å². The minimum Gasteiger partial charge on any atom is -0.348 e. The molecule has 6 nitrogen and oxygen atoms in total. The summed E-state index contributed by atoms with van der Waals surface area (Å²) in [5.74, 6) is -1.14. The number of anilines is 1. The number of halogens is 2. The van der Waals surface area contributed by atoms with Crippen molar-refractivity contribution in [3.63, 3.8) is 0 Å². The molecule has 0 spiro atoms. The van der Waals surface area contributed by atoms with Crippen LogP contribution >= 0.6 is 0 Å². The van der Waals surface area contributed by atoms with Gasteiger partial charge in [-0.15, -0.1) is 0 Å². The highest BCUT2D eigenvalue weighted by atomic mass is 32.2. The molecule has 0 aliphatic carbocycles. The van der Waals surface area contributed by atoms with E-state index in [1.807, 2.05) is 0 Å². The molecule has 0 atom stereocenters. The summed E-state index contributed by atoms with van der Waals surface area (Å²) in [6, 6.07) is 7.07. The number of sulfonamides is 1. The largest absolute Gasteiger partial charge is 0.348 e. The van der Waals surface area contributed by atoms with Gasteiger partial charge in [0.1, 0.15) is 12.5 Å². The molecule has 0 bridgehead atoms. The van der Waals surface area contributed by atoms with Gasteiger partial charge in [-0.2, -0.15) is 0 Å². The van der Waals surface area contributed by atoms with Crippen molar-refractivity contribution in [2.24, 2.45) is 0 Å². The predicted octanol–water partition coefficient (Wildman–Crippen LogP) is 2.39. The Morgan fingerprint density at radius 3 is 2.62 bits per heavy atom. The number of nitrogens with zero attached hydrogens (tertiary/aromatic N) is 1. The zero-order valence-electron chi connectivity index (χ0n) is 13.9. The Bertz CT molecular complexity index is 913. The van der Waals surface area contributed by atoms with Gasteiger partial charge in [0.15, 0.2) is 0 Å². The third kappa shape index (κ3) is 6.25. The average Bonchev–Trinajstić information content (AvgIpc) is 2.59. The van der Waals surface area contributed by atoms with Crippen LogP contribution in [-0.2, 0) is 28.0 Å². The Balaban J connectivity index is 1.92. The average molecular weight is 381 g/mol. The van der Waals surface area contributed by atoms with Gasteiger partial charge < -0.3 is 5.32 Å².